The number of carboxylic acids is 1. The van der Waals surface area contributed by atoms with Crippen LogP contribution in [0.2, 0.25) is 0 Å². The van der Waals surface area contributed by atoms with Crippen molar-refractivity contribution in [1.29, 1.82) is 0 Å². The van der Waals surface area contributed by atoms with Gasteiger partial charge in [0.05, 0.1) is 13.0 Å². The Morgan fingerprint density at radius 1 is 1.15 bits per heavy atom. The molecule has 0 amide bonds. The maximum atomic E-state index is 11.6. The molecule has 0 aliphatic carbocycles. The first-order valence-corrected chi connectivity index (χ1v) is 10.2. The minimum Gasteiger partial charge on any atom is -0.481 e. The normalized spacial score (nSPS) is 24.7. The molecular weight excluding hydrogens is 356 g/mol. The lowest BCUT2D eigenvalue weighted by Crippen LogP contribution is -2.45. The van der Waals surface area contributed by atoms with Crippen molar-refractivity contribution in [2.45, 2.75) is 44.1 Å². The molecule has 140 valence electrons. The van der Waals surface area contributed by atoms with Gasteiger partial charge in [-0.25, -0.2) is 0 Å². The minimum absolute atomic E-state index is 0.00470. The Hall–Kier alpha value is -2.17. The molecule has 4 heteroatoms. The summed E-state index contributed by atoms with van der Waals surface area (Å²) in [5.41, 5.74) is 1.63. The highest BCUT2D eigenvalue weighted by atomic mass is 32.1. The summed E-state index contributed by atoms with van der Waals surface area (Å²) in [6.07, 6.45) is 1.53. The lowest BCUT2D eigenvalue weighted by molar-refractivity contribution is -0.150. The monoisotopic (exact) mass is 380 g/mol. The van der Waals surface area contributed by atoms with Gasteiger partial charge in [0.15, 0.2) is 0 Å². The Kier molecular flexibility index (Phi) is 4.57. The first kappa shape index (κ1) is 18.2. The van der Waals surface area contributed by atoms with Gasteiger partial charge >= 0.3 is 5.97 Å². The Bertz CT molecular complexity index is 978. The van der Waals surface area contributed by atoms with Gasteiger partial charge in [-0.15, -0.1) is 11.3 Å². The van der Waals surface area contributed by atoms with Crippen LogP contribution in [0.15, 0.2) is 54.6 Å². The average molecular weight is 381 g/mol. The zero-order valence-electron chi connectivity index (χ0n) is 15.7. The quantitative estimate of drug-likeness (QED) is 0.635. The molecule has 4 rings (SSSR count). The first-order chi connectivity index (χ1) is 13.0. The molecule has 3 aromatic rings. The van der Waals surface area contributed by atoms with Crippen molar-refractivity contribution in [3.63, 3.8) is 0 Å². The van der Waals surface area contributed by atoms with Gasteiger partial charge in [-0.3, -0.25) is 4.79 Å². The fourth-order valence-electron chi connectivity index (χ4n) is 4.35. The van der Waals surface area contributed by atoms with E-state index in [4.69, 9.17) is 4.74 Å². The van der Waals surface area contributed by atoms with Crippen LogP contribution in [0.3, 0.4) is 0 Å². The lowest BCUT2D eigenvalue weighted by atomic mass is 9.71. The molecule has 3 nitrogen and oxygen atoms in total. The van der Waals surface area contributed by atoms with Crippen LogP contribution in [0, 0.1) is 0 Å². The topological polar surface area (TPSA) is 46.5 Å². The first-order valence-electron chi connectivity index (χ1n) is 9.40. The molecule has 2 aromatic carbocycles. The van der Waals surface area contributed by atoms with E-state index in [2.05, 4.69) is 49.4 Å². The van der Waals surface area contributed by atoms with Crippen LogP contribution in [-0.2, 0) is 27.0 Å². The van der Waals surface area contributed by atoms with Gasteiger partial charge in [0.1, 0.15) is 5.60 Å². The number of ether oxygens (including phenoxy) is 1. The number of hydrogen-bond donors (Lipinski definition) is 1. The van der Waals surface area contributed by atoms with Crippen molar-refractivity contribution < 1.29 is 14.6 Å². The van der Waals surface area contributed by atoms with Crippen LogP contribution in [-0.4, -0.2) is 17.7 Å². The van der Waals surface area contributed by atoms with E-state index < -0.39 is 11.6 Å². The third-order valence-electron chi connectivity index (χ3n) is 5.72. The summed E-state index contributed by atoms with van der Waals surface area (Å²) in [4.78, 5) is 12.7. The summed E-state index contributed by atoms with van der Waals surface area (Å²) in [5, 5.41) is 10.8. The highest BCUT2D eigenvalue weighted by molar-refractivity contribution is 7.19. The average Bonchev–Trinajstić information content (AvgIpc) is 3.07. The zero-order chi connectivity index (χ0) is 19.1. The van der Waals surface area contributed by atoms with Gasteiger partial charge in [0.2, 0.25) is 0 Å². The van der Waals surface area contributed by atoms with Crippen LogP contribution in [0.5, 0.6) is 0 Å². The predicted molar refractivity (Wildman–Crippen MR) is 109 cm³/mol. The van der Waals surface area contributed by atoms with Crippen molar-refractivity contribution in [2.24, 2.45) is 0 Å². The molecule has 0 radical (unpaired) electrons. The highest BCUT2D eigenvalue weighted by Gasteiger charge is 2.48. The van der Waals surface area contributed by atoms with Gasteiger partial charge < -0.3 is 9.84 Å². The zero-order valence-corrected chi connectivity index (χ0v) is 16.5. The van der Waals surface area contributed by atoms with Crippen LogP contribution >= 0.6 is 11.3 Å². The molecule has 0 unspecified atom stereocenters. The van der Waals surface area contributed by atoms with Crippen LogP contribution in [0.1, 0.15) is 42.7 Å². The van der Waals surface area contributed by atoms with Crippen molar-refractivity contribution in [3.8, 4) is 0 Å². The molecule has 0 spiro atoms. The SMILES string of the molecule is CC[C@@]1(CC(=O)O)OC[C@](C)(Cc2ccccc2)c2c1sc1ccccc21. The van der Waals surface area contributed by atoms with Crippen molar-refractivity contribution in [2.75, 3.05) is 6.61 Å². The Balaban J connectivity index is 1.91. The molecule has 2 atom stereocenters. The van der Waals surface area contributed by atoms with E-state index in [-0.39, 0.29) is 11.8 Å². The molecule has 0 saturated heterocycles. The summed E-state index contributed by atoms with van der Waals surface area (Å²) in [7, 11) is 0. The van der Waals surface area contributed by atoms with E-state index in [1.807, 2.05) is 19.1 Å². The lowest BCUT2D eigenvalue weighted by Gasteiger charge is -2.44. The summed E-state index contributed by atoms with van der Waals surface area (Å²) in [5.74, 6) is -0.813. The molecule has 27 heavy (non-hydrogen) atoms. The second-order valence-corrected chi connectivity index (χ2v) is 8.78. The van der Waals surface area contributed by atoms with Gasteiger partial charge in [-0.05, 0) is 35.4 Å². The summed E-state index contributed by atoms with van der Waals surface area (Å²) in [6.45, 7) is 4.80. The fraction of sp³-hybridized carbons (Fsp3) is 0.348. The number of benzene rings is 2. The molecule has 0 saturated carbocycles. The number of hydrogen-bond acceptors (Lipinski definition) is 3. The van der Waals surface area contributed by atoms with E-state index in [0.717, 1.165) is 11.3 Å². The predicted octanol–water partition coefficient (Wildman–Crippen LogP) is 5.51. The van der Waals surface area contributed by atoms with E-state index >= 15 is 0 Å². The second-order valence-electron chi connectivity index (χ2n) is 7.73. The molecular formula is C23H24O3S. The Morgan fingerprint density at radius 2 is 1.85 bits per heavy atom. The molecule has 1 aromatic heterocycles. The van der Waals surface area contributed by atoms with Crippen molar-refractivity contribution in [3.05, 3.63) is 70.6 Å². The van der Waals surface area contributed by atoms with Gasteiger partial charge in [-0.1, -0.05) is 62.4 Å². The molecule has 1 aliphatic heterocycles. The van der Waals surface area contributed by atoms with Crippen LogP contribution in [0.25, 0.3) is 10.1 Å². The number of carboxylic acid groups (broad SMARTS) is 1. The Morgan fingerprint density at radius 3 is 2.56 bits per heavy atom. The third-order valence-corrected chi connectivity index (χ3v) is 7.08. The smallest absolute Gasteiger partial charge is 0.306 e. The number of fused-ring (bicyclic) bond motifs is 3. The Labute approximate surface area is 163 Å². The third kappa shape index (κ3) is 3.07. The summed E-state index contributed by atoms with van der Waals surface area (Å²) in [6, 6.07) is 18.9. The molecule has 1 N–H and O–H groups in total. The maximum absolute atomic E-state index is 11.6. The van der Waals surface area contributed by atoms with Gasteiger partial charge in [0.25, 0.3) is 0 Å². The van der Waals surface area contributed by atoms with Crippen LogP contribution in [0.4, 0.5) is 0 Å². The van der Waals surface area contributed by atoms with E-state index in [0.29, 0.717) is 13.0 Å². The summed E-state index contributed by atoms with van der Waals surface area (Å²) >= 11 is 1.70. The summed E-state index contributed by atoms with van der Waals surface area (Å²) < 4.78 is 7.60. The number of rotatable bonds is 5. The van der Waals surface area contributed by atoms with Crippen molar-refractivity contribution in [1.82, 2.24) is 0 Å². The largest absolute Gasteiger partial charge is 0.481 e. The van der Waals surface area contributed by atoms with Crippen LogP contribution < -0.4 is 0 Å². The molecule has 1 aliphatic rings. The van der Waals surface area contributed by atoms with Gasteiger partial charge in [-0.2, -0.15) is 0 Å². The second kappa shape index (κ2) is 6.77. The van der Waals surface area contributed by atoms with E-state index in [9.17, 15) is 9.90 Å². The number of thiophene rings is 1. The van der Waals surface area contributed by atoms with Crippen molar-refractivity contribution >= 4 is 27.4 Å². The van der Waals surface area contributed by atoms with Gasteiger partial charge in [0, 0.05) is 15.0 Å². The van der Waals surface area contributed by atoms with E-state index in [1.54, 1.807) is 11.3 Å². The fourth-order valence-corrected chi connectivity index (χ4v) is 5.92. The standard InChI is InChI=1S/C23H24O3S/c1-3-23(14-19(24)25)21-20(17-11-7-8-12-18(17)27-21)22(2,15-26-23)13-16-9-5-4-6-10-16/h4-12H,3,13-15H2,1-2H3,(H,24,25)/t22-,23-/m0/s1. The van der Waals surface area contributed by atoms with E-state index in [1.165, 1.54) is 21.2 Å². The number of aliphatic carboxylic acids is 1. The molecule has 0 bridgehead atoms. The molecule has 2 heterocycles. The minimum atomic E-state index is -0.813. The maximum Gasteiger partial charge on any atom is 0.306 e. The highest BCUT2D eigenvalue weighted by Crippen LogP contribution is 2.52. The molecule has 0 fully saturated rings. The number of carbonyl (C=O) groups is 1.